The molecule has 0 spiro atoms. The zero-order valence-electron chi connectivity index (χ0n) is 13.3. The lowest BCUT2D eigenvalue weighted by molar-refractivity contribution is -0.135. The first-order valence-electron chi connectivity index (χ1n) is 8.91. The van der Waals surface area contributed by atoms with Crippen LogP contribution in [0.1, 0.15) is 32.1 Å². The summed E-state index contributed by atoms with van der Waals surface area (Å²) in [6.07, 6.45) is 5.94. The van der Waals surface area contributed by atoms with E-state index in [0.717, 1.165) is 45.4 Å². The lowest BCUT2D eigenvalue weighted by atomic mass is 9.68. The van der Waals surface area contributed by atoms with Crippen molar-refractivity contribution in [2.24, 2.45) is 11.8 Å². The standard InChI is InChI=1S/C19H26N2O/c22-19-15-5-4-8-17(19)18(10-9-15)21-13-11-20(12-14-21)16-6-2-1-3-7-16/h1-3,6-7,15,17-18H,4-5,8-14H2/t15-,17+,18-/m0/s1. The van der Waals surface area contributed by atoms with E-state index in [1.165, 1.54) is 18.5 Å². The van der Waals surface area contributed by atoms with Gasteiger partial charge in [-0.05, 0) is 37.8 Å². The maximum atomic E-state index is 12.5. The van der Waals surface area contributed by atoms with E-state index in [4.69, 9.17) is 0 Å². The molecule has 1 heterocycles. The Hall–Kier alpha value is -1.35. The van der Waals surface area contributed by atoms with Gasteiger partial charge in [-0.25, -0.2) is 0 Å². The number of Topliss-reactive ketones (excluding diaryl/α,β-unsaturated/α-hetero) is 1. The number of piperazine rings is 1. The number of hydrogen-bond acceptors (Lipinski definition) is 3. The summed E-state index contributed by atoms with van der Waals surface area (Å²) in [5, 5.41) is 0. The minimum atomic E-state index is 0.343. The summed E-state index contributed by atoms with van der Waals surface area (Å²) in [7, 11) is 0. The Morgan fingerprint density at radius 2 is 1.64 bits per heavy atom. The van der Waals surface area contributed by atoms with Gasteiger partial charge >= 0.3 is 0 Å². The highest BCUT2D eigenvalue weighted by atomic mass is 16.1. The van der Waals surface area contributed by atoms with Gasteiger partial charge in [0, 0.05) is 49.7 Å². The summed E-state index contributed by atoms with van der Waals surface area (Å²) < 4.78 is 0. The van der Waals surface area contributed by atoms with Crippen molar-refractivity contribution in [2.75, 3.05) is 31.1 Å². The van der Waals surface area contributed by atoms with Gasteiger partial charge in [0.05, 0.1) is 0 Å². The van der Waals surface area contributed by atoms with Crippen LogP contribution in [0.15, 0.2) is 30.3 Å². The first-order chi connectivity index (χ1) is 10.8. The fourth-order valence-corrected chi connectivity index (χ4v) is 4.80. The molecule has 0 amide bonds. The summed E-state index contributed by atoms with van der Waals surface area (Å²) in [5.74, 6) is 1.34. The van der Waals surface area contributed by atoms with Gasteiger partial charge in [-0.15, -0.1) is 0 Å². The van der Waals surface area contributed by atoms with Crippen molar-refractivity contribution in [3.63, 3.8) is 0 Å². The molecule has 3 fully saturated rings. The van der Waals surface area contributed by atoms with Gasteiger partial charge in [0.25, 0.3) is 0 Å². The third-order valence-corrected chi connectivity index (χ3v) is 6.02. The van der Waals surface area contributed by atoms with Crippen LogP contribution in [0.2, 0.25) is 0 Å². The van der Waals surface area contributed by atoms with Gasteiger partial charge in [0.1, 0.15) is 5.78 Å². The Kier molecular flexibility index (Phi) is 3.91. The van der Waals surface area contributed by atoms with Crippen LogP contribution < -0.4 is 4.90 Å². The van der Waals surface area contributed by atoms with E-state index in [1.54, 1.807) is 0 Å². The number of ketones is 1. The Labute approximate surface area is 133 Å². The van der Waals surface area contributed by atoms with Gasteiger partial charge in [-0.2, -0.15) is 0 Å². The molecule has 2 aliphatic carbocycles. The smallest absolute Gasteiger partial charge is 0.140 e. The van der Waals surface area contributed by atoms with E-state index >= 15 is 0 Å². The van der Waals surface area contributed by atoms with Crippen LogP contribution in [-0.4, -0.2) is 42.9 Å². The number of para-hydroxylation sites is 1. The first kappa shape index (κ1) is 14.3. The second-order valence-electron chi connectivity index (χ2n) is 7.14. The fraction of sp³-hybridized carbons (Fsp3) is 0.632. The van der Waals surface area contributed by atoms with Gasteiger partial charge in [0.15, 0.2) is 0 Å². The summed E-state index contributed by atoms with van der Waals surface area (Å²) in [5.41, 5.74) is 1.33. The zero-order chi connectivity index (χ0) is 14.9. The van der Waals surface area contributed by atoms with E-state index < -0.39 is 0 Å². The van der Waals surface area contributed by atoms with Gasteiger partial charge in [-0.1, -0.05) is 24.6 Å². The van der Waals surface area contributed by atoms with Crippen molar-refractivity contribution < 1.29 is 4.79 Å². The lowest BCUT2D eigenvalue weighted by Crippen LogP contribution is -2.56. The molecule has 1 saturated heterocycles. The Bertz CT molecular complexity index is 521. The molecule has 4 rings (SSSR count). The second kappa shape index (κ2) is 6.04. The normalized spacial score (nSPS) is 33.0. The van der Waals surface area contributed by atoms with E-state index in [0.29, 0.717) is 23.7 Å². The van der Waals surface area contributed by atoms with E-state index in [9.17, 15) is 4.79 Å². The third-order valence-electron chi connectivity index (χ3n) is 6.02. The van der Waals surface area contributed by atoms with Crippen molar-refractivity contribution in [2.45, 2.75) is 38.1 Å². The van der Waals surface area contributed by atoms with Crippen LogP contribution in [0.3, 0.4) is 0 Å². The average Bonchev–Trinajstić information content (AvgIpc) is 2.56. The second-order valence-corrected chi connectivity index (χ2v) is 7.14. The van der Waals surface area contributed by atoms with Crippen LogP contribution in [0.4, 0.5) is 5.69 Å². The number of carbonyl (C=O) groups excluding carboxylic acids is 1. The number of fused-ring (bicyclic) bond motifs is 2. The summed E-state index contributed by atoms with van der Waals surface area (Å²) in [4.78, 5) is 17.6. The van der Waals surface area contributed by atoms with Crippen molar-refractivity contribution in [1.29, 1.82) is 0 Å². The van der Waals surface area contributed by atoms with Crippen LogP contribution >= 0.6 is 0 Å². The molecular weight excluding hydrogens is 272 g/mol. The fourth-order valence-electron chi connectivity index (χ4n) is 4.80. The molecule has 0 radical (unpaired) electrons. The van der Waals surface area contributed by atoms with Crippen LogP contribution in [0, 0.1) is 11.8 Å². The molecule has 22 heavy (non-hydrogen) atoms. The minimum Gasteiger partial charge on any atom is -0.369 e. The van der Waals surface area contributed by atoms with Gasteiger partial charge in [-0.3, -0.25) is 9.69 Å². The minimum absolute atomic E-state index is 0.343. The number of carbonyl (C=O) groups is 1. The van der Waals surface area contributed by atoms with E-state index in [-0.39, 0.29) is 0 Å². The maximum Gasteiger partial charge on any atom is 0.140 e. The molecule has 3 atom stereocenters. The summed E-state index contributed by atoms with van der Waals surface area (Å²) >= 11 is 0. The molecule has 1 aliphatic heterocycles. The molecule has 0 aromatic heterocycles. The van der Waals surface area contributed by atoms with Crippen LogP contribution in [0.25, 0.3) is 0 Å². The quantitative estimate of drug-likeness (QED) is 0.838. The predicted octanol–water partition coefficient (Wildman–Crippen LogP) is 2.96. The largest absolute Gasteiger partial charge is 0.369 e. The lowest BCUT2D eigenvalue weighted by Gasteiger charge is -2.47. The molecule has 1 aromatic rings. The SMILES string of the molecule is O=C1[C@H]2CCC[C@@H]1[C@@H](N1CCN(c3ccccc3)CC1)CC2. The highest BCUT2D eigenvalue weighted by Crippen LogP contribution is 2.39. The molecule has 2 bridgehead atoms. The Balaban J connectivity index is 1.40. The molecule has 0 N–H and O–H groups in total. The van der Waals surface area contributed by atoms with Crippen molar-refractivity contribution in [3.05, 3.63) is 30.3 Å². The van der Waals surface area contributed by atoms with Gasteiger partial charge in [0.2, 0.25) is 0 Å². The molecular formula is C19H26N2O. The molecule has 2 saturated carbocycles. The topological polar surface area (TPSA) is 23.6 Å². The zero-order valence-corrected chi connectivity index (χ0v) is 13.3. The Morgan fingerprint density at radius 3 is 2.41 bits per heavy atom. The monoisotopic (exact) mass is 298 g/mol. The number of anilines is 1. The van der Waals surface area contributed by atoms with E-state index in [2.05, 4.69) is 40.1 Å². The third kappa shape index (κ3) is 2.56. The highest BCUT2D eigenvalue weighted by Gasteiger charge is 2.43. The first-order valence-corrected chi connectivity index (χ1v) is 8.91. The molecule has 118 valence electrons. The number of hydrogen-bond donors (Lipinski definition) is 0. The number of rotatable bonds is 2. The average molecular weight is 298 g/mol. The molecule has 3 heteroatoms. The van der Waals surface area contributed by atoms with Crippen LogP contribution in [-0.2, 0) is 4.79 Å². The van der Waals surface area contributed by atoms with E-state index in [1.807, 2.05) is 0 Å². The van der Waals surface area contributed by atoms with Crippen LogP contribution in [0.5, 0.6) is 0 Å². The highest BCUT2D eigenvalue weighted by molar-refractivity contribution is 5.85. The molecule has 3 nitrogen and oxygen atoms in total. The van der Waals surface area contributed by atoms with Crippen molar-refractivity contribution in [1.82, 2.24) is 4.90 Å². The Morgan fingerprint density at radius 1 is 0.864 bits per heavy atom. The predicted molar refractivity (Wildman–Crippen MR) is 89.1 cm³/mol. The molecule has 1 aromatic carbocycles. The summed E-state index contributed by atoms with van der Waals surface area (Å²) in [6.45, 7) is 4.39. The molecule has 3 aliphatic rings. The molecule has 0 unspecified atom stereocenters. The van der Waals surface area contributed by atoms with Gasteiger partial charge < -0.3 is 4.90 Å². The number of benzene rings is 1. The van der Waals surface area contributed by atoms with Crippen molar-refractivity contribution >= 4 is 11.5 Å². The maximum absolute atomic E-state index is 12.5. The summed E-state index contributed by atoms with van der Waals surface area (Å²) in [6, 6.07) is 11.2. The van der Waals surface area contributed by atoms with Crippen molar-refractivity contribution in [3.8, 4) is 0 Å². The number of nitrogens with zero attached hydrogens (tertiary/aromatic N) is 2.